The lowest BCUT2D eigenvalue weighted by Crippen LogP contribution is -2.36. The van der Waals surface area contributed by atoms with Crippen LogP contribution in [-0.2, 0) is 11.2 Å². The summed E-state index contributed by atoms with van der Waals surface area (Å²) in [5.41, 5.74) is 3.39. The van der Waals surface area contributed by atoms with E-state index in [9.17, 15) is 14.0 Å². The summed E-state index contributed by atoms with van der Waals surface area (Å²) in [4.78, 5) is 25.3. The summed E-state index contributed by atoms with van der Waals surface area (Å²) in [5, 5.41) is 8.35. The molecule has 1 atom stereocenters. The van der Waals surface area contributed by atoms with Crippen molar-refractivity contribution in [1.29, 1.82) is 0 Å². The molecule has 0 aliphatic carbocycles. The fourth-order valence-corrected chi connectivity index (χ4v) is 3.86. The molecule has 2 amide bonds. The van der Waals surface area contributed by atoms with Crippen LogP contribution in [0.4, 0.5) is 15.8 Å². The maximum Gasteiger partial charge on any atom is 0.255 e. The van der Waals surface area contributed by atoms with Gasteiger partial charge in [0.15, 0.2) is 5.11 Å². The summed E-state index contributed by atoms with van der Waals surface area (Å²) >= 11 is 11.1. The Labute approximate surface area is 215 Å². The third-order valence-electron chi connectivity index (χ3n) is 5.31. The highest BCUT2D eigenvalue weighted by atomic mass is 35.5. The van der Waals surface area contributed by atoms with Crippen molar-refractivity contribution in [3.05, 3.63) is 94.3 Å². The van der Waals surface area contributed by atoms with Gasteiger partial charge < -0.3 is 16.0 Å². The third-order valence-corrected chi connectivity index (χ3v) is 5.81. The first-order valence-corrected chi connectivity index (χ1v) is 12.0. The van der Waals surface area contributed by atoms with Crippen LogP contribution in [0.5, 0.6) is 0 Å². The first-order chi connectivity index (χ1) is 16.6. The lowest BCUT2D eigenvalue weighted by molar-refractivity contribution is -0.120. The van der Waals surface area contributed by atoms with E-state index >= 15 is 0 Å². The van der Waals surface area contributed by atoms with Crippen molar-refractivity contribution in [2.45, 2.75) is 33.1 Å². The Morgan fingerprint density at radius 1 is 0.943 bits per heavy atom. The number of amides is 2. The first-order valence-electron chi connectivity index (χ1n) is 11.2. The molecule has 182 valence electrons. The molecular weight excluding hydrogens is 485 g/mol. The Bertz CT molecular complexity index is 1230. The summed E-state index contributed by atoms with van der Waals surface area (Å²) in [6.07, 6.45) is 0.990. The molecule has 5 nitrogen and oxygen atoms in total. The van der Waals surface area contributed by atoms with Crippen LogP contribution < -0.4 is 16.0 Å². The minimum absolute atomic E-state index is 0.0833. The minimum atomic E-state index is -0.566. The topological polar surface area (TPSA) is 70.2 Å². The fraction of sp³-hybridized carbons (Fsp3) is 0.222. The third kappa shape index (κ3) is 7.60. The second kappa shape index (κ2) is 11.9. The molecule has 3 aromatic carbocycles. The Morgan fingerprint density at radius 2 is 1.63 bits per heavy atom. The van der Waals surface area contributed by atoms with Gasteiger partial charge in [0.1, 0.15) is 5.82 Å². The zero-order valence-electron chi connectivity index (χ0n) is 19.7. The maximum absolute atomic E-state index is 13.3. The molecule has 0 heterocycles. The summed E-state index contributed by atoms with van der Waals surface area (Å²) in [6, 6.07) is 18.6. The first kappa shape index (κ1) is 26.3. The molecule has 8 heteroatoms. The molecule has 0 aliphatic heterocycles. The molecule has 0 saturated carbocycles. The standard InChI is InChI=1S/C27H27ClFN3O2S/c1-16(2)13-18-7-9-19(10-8-18)17(3)25(33)32-27(35)31-21-6-4-5-20(14-21)26(34)30-22-11-12-24(29)23(28)15-22/h4-12,14-17H,13H2,1-3H3,(H,30,34)(H2,31,32,33,35). The number of halogens is 2. The van der Waals surface area contributed by atoms with Gasteiger partial charge in [-0.15, -0.1) is 0 Å². The van der Waals surface area contributed by atoms with E-state index in [2.05, 4.69) is 29.8 Å². The van der Waals surface area contributed by atoms with Gasteiger partial charge in [0.05, 0.1) is 10.9 Å². The zero-order valence-corrected chi connectivity index (χ0v) is 21.3. The van der Waals surface area contributed by atoms with E-state index in [1.807, 2.05) is 31.2 Å². The highest BCUT2D eigenvalue weighted by Gasteiger charge is 2.17. The molecule has 3 rings (SSSR count). The van der Waals surface area contributed by atoms with Gasteiger partial charge in [-0.1, -0.05) is 55.8 Å². The summed E-state index contributed by atoms with van der Waals surface area (Å²) in [6.45, 7) is 6.16. The van der Waals surface area contributed by atoms with E-state index in [-0.39, 0.29) is 22.0 Å². The van der Waals surface area contributed by atoms with E-state index in [0.29, 0.717) is 22.9 Å². The van der Waals surface area contributed by atoms with Gasteiger partial charge in [0.2, 0.25) is 5.91 Å². The van der Waals surface area contributed by atoms with Crippen molar-refractivity contribution in [1.82, 2.24) is 5.32 Å². The quantitative estimate of drug-likeness (QED) is 0.315. The molecule has 3 N–H and O–H groups in total. The Balaban J connectivity index is 1.58. The number of benzene rings is 3. The van der Waals surface area contributed by atoms with Crippen LogP contribution in [0.2, 0.25) is 5.02 Å². The summed E-state index contributed by atoms with van der Waals surface area (Å²) < 4.78 is 13.3. The molecule has 0 fully saturated rings. The van der Waals surface area contributed by atoms with Crippen LogP contribution in [-0.4, -0.2) is 16.9 Å². The Hall–Kier alpha value is -3.29. The lowest BCUT2D eigenvalue weighted by atomic mass is 9.96. The van der Waals surface area contributed by atoms with Crippen LogP contribution in [0.1, 0.15) is 48.2 Å². The number of anilines is 2. The van der Waals surface area contributed by atoms with Gasteiger partial charge in [-0.3, -0.25) is 9.59 Å². The number of rotatable bonds is 7. The Morgan fingerprint density at radius 3 is 2.29 bits per heavy atom. The smallest absolute Gasteiger partial charge is 0.255 e. The second-order valence-corrected chi connectivity index (χ2v) is 9.48. The molecule has 35 heavy (non-hydrogen) atoms. The average molecular weight is 512 g/mol. The zero-order chi connectivity index (χ0) is 25.5. The minimum Gasteiger partial charge on any atom is -0.332 e. The van der Waals surface area contributed by atoms with Crippen molar-refractivity contribution in [3.63, 3.8) is 0 Å². The van der Waals surface area contributed by atoms with Crippen molar-refractivity contribution >= 4 is 52.1 Å². The van der Waals surface area contributed by atoms with Crippen LogP contribution in [0.15, 0.2) is 66.7 Å². The molecule has 0 saturated heterocycles. The highest BCUT2D eigenvalue weighted by Crippen LogP contribution is 2.21. The van der Waals surface area contributed by atoms with E-state index in [0.717, 1.165) is 12.0 Å². The van der Waals surface area contributed by atoms with Crippen molar-refractivity contribution in [2.24, 2.45) is 5.92 Å². The number of nitrogens with one attached hydrogen (secondary N) is 3. The van der Waals surface area contributed by atoms with E-state index in [1.165, 1.54) is 23.8 Å². The maximum atomic E-state index is 13.3. The number of carbonyl (C=O) groups is 2. The van der Waals surface area contributed by atoms with Gasteiger partial charge in [0, 0.05) is 16.9 Å². The Kier molecular flexibility index (Phi) is 8.95. The molecule has 1 unspecified atom stereocenters. The van der Waals surface area contributed by atoms with Gasteiger partial charge in [0.25, 0.3) is 5.91 Å². The van der Waals surface area contributed by atoms with Crippen LogP contribution in [0, 0.1) is 11.7 Å². The predicted octanol–water partition coefficient (Wildman–Crippen LogP) is 6.55. The SMILES string of the molecule is CC(C)Cc1ccc(C(C)C(=O)NC(=S)Nc2cccc(C(=O)Nc3ccc(F)c(Cl)c3)c2)cc1. The van der Waals surface area contributed by atoms with Crippen LogP contribution >= 0.6 is 23.8 Å². The number of hydrogen-bond donors (Lipinski definition) is 3. The number of hydrogen-bond acceptors (Lipinski definition) is 3. The van der Waals surface area contributed by atoms with Crippen molar-refractivity contribution in [3.8, 4) is 0 Å². The summed E-state index contributed by atoms with van der Waals surface area (Å²) in [7, 11) is 0. The van der Waals surface area contributed by atoms with Crippen LogP contribution in [0.3, 0.4) is 0 Å². The molecule has 3 aromatic rings. The molecule has 0 aromatic heterocycles. The molecule has 0 radical (unpaired) electrons. The van der Waals surface area contributed by atoms with E-state index in [4.69, 9.17) is 23.8 Å². The van der Waals surface area contributed by atoms with E-state index in [1.54, 1.807) is 24.3 Å². The molecule has 0 aliphatic rings. The van der Waals surface area contributed by atoms with Crippen LogP contribution in [0.25, 0.3) is 0 Å². The van der Waals surface area contributed by atoms with Crippen molar-refractivity contribution < 1.29 is 14.0 Å². The molecule has 0 bridgehead atoms. The molecule has 0 spiro atoms. The molecular formula is C27H27ClFN3O2S. The second-order valence-electron chi connectivity index (χ2n) is 8.67. The van der Waals surface area contributed by atoms with Gasteiger partial charge in [-0.25, -0.2) is 4.39 Å². The fourth-order valence-electron chi connectivity index (χ4n) is 3.46. The largest absolute Gasteiger partial charge is 0.332 e. The van der Waals surface area contributed by atoms with Gasteiger partial charge in [-0.05, 0) is 79.0 Å². The number of thiocarbonyl (C=S) groups is 1. The van der Waals surface area contributed by atoms with Gasteiger partial charge in [-0.2, -0.15) is 0 Å². The predicted molar refractivity (Wildman–Crippen MR) is 144 cm³/mol. The van der Waals surface area contributed by atoms with Crippen molar-refractivity contribution in [2.75, 3.05) is 10.6 Å². The van der Waals surface area contributed by atoms with Gasteiger partial charge >= 0.3 is 0 Å². The average Bonchev–Trinajstić information content (AvgIpc) is 2.81. The highest BCUT2D eigenvalue weighted by molar-refractivity contribution is 7.80. The number of carbonyl (C=O) groups excluding carboxylic acids is 2. The monoisotopic (exact) mass is 511 g/mol. The lowest BCUT2D eigenvalue weighted by Gasteiger charge is -2.15. The van der Waals surface area contributed by atoms with E-state index < -0.39 is 11.7 Å². The normalized spacial score (nSPS) is 11.6. The summed E-state index contributed by atoms with van der Waals surface area (Å²) in [5.74, 6) is -1.02.